The second kappa shape index (κ2) is 6.77. The van der Waals surface area contributed by atoms with E-state index in [1.54, 1.807) is 19.1 Å². The minimum Gasteiger partial charge on any atom is -0.382 e. The maximum atomic E-state index is 11.9. The van der Waals surface area contributed by atoms with Crippen LogP contribution in [0, 0.1) is 5.92 Å². The molecule has 1 aliphatic rings. The smallest absolute Gasteiger partial charge is 0.240 e. The number of rotatable bonds is 5. The standard InChI is InChI=1S/C15H25N3O2S/c1-4-16-21(19,20)14-7-5-13(6-8-14)17-15-9-10-18(3)11-12(15)2/h5-8,12,15-17H,4,9-11H2,1-3H3. The molecule has 2 unspecified atom stereocenters. The first-order valence-electron chi connectivity index (χ1n) is 7.47. The van der Waals surface area contributed by atoms with Gasteiger partial charge in [-0.3, -0.25) is 0 Å². The third kappa shape index (κ3) is 4.18. The number of hydrogen-bond donors (Lipinski definition) is 2. The van der Waals surface area contributed by atoms with Crippen molar-refractivity contribution in [3.8, 4) is 0 Å². The molecule has 0 spiro atoms. The van der Waals surface area contributed by atoms with Crippen LogP contribution in [0.2, 0.25) is 0 Å². The molecule has 0 aromatic heterocycles. The van der Waals surface area contributed by atoms with E-state index in [-0.39, 0.29) is 0 Å². The van der Waals surface area contributed by atoms with Gasteiger partial charge in [0, 0.05) is 24.8 Å². The van der Waals surface area contributed by atoms with Crippen LogP contribution in [0.5, 0.6) is 0 Å². The molecule has 1 aromatic rings. The van der Waals surface area contributed by atoms with Gasteiger partial charge in [0.1, 0.15) is 0 Å². The Kier molecular flexibility index (Phi) is 5.24. The average Bonchev–Trinajstić information content (AvgIpc) is 2.42. The molecule has 2 atom stereocenters. The van der Waals surface area contributed by atoms with Crippen LogP contribution < -0.4 is 10.0 Å². The summed E-state index contributed by atoms with van der Waals surface area (Å²) in [7, 11) is -1.22. The summed E-state index contributed by atoms with van der Waals surface area (Å²) in [6.45, 7) is 6.60. The maximum absolute atomic E-state index is 11.9. The summed E-state index contributed by atoms with van der Waals surface area (Å²) >= 11 is 0. The molecule has 118 valence electrons. The number of benzene rings is 1. The molecule has 1 aliphatic heterocycles. The second-order valence-electron chi connectivity index (χ2n) is 5.80. The predicted molar refractivity (Wildman–Crippen MR) is 86.0 cm³/mol. The Labute approximate surface area is 127 Å². The highest BCUT2D eigenvalue weighted by Crippen LogP contribution is 2.21. The van der Waals surface area contributed by atoms with Gasteiger partial charge in [-0.15, -0.1) is 0 Å². The van der Waals surface area contributed by atoms with Gasteiger partial charge in [-0.1, -0.05) is 13.8 Å². The minimum atomic E-state index is -3.36. The van der Waals surface area contributed by atoms with Crippen LogP contribution in [0.1, 0.15) is 20.3 Å². The first-order chi connectivity index (χ1) is 9.92. The van der Waals surface area contributed by atoms with E-state index in [0.717, 1.165) is 25.2 Å². The van der Waals surface area contributed by atoms with Crippen LogP contribution in [0.15, 0.2) is 29.2 Å². The first kappa shape index (κ1) is 16.3. The van der Waals surface area contributed by atoms with Crippen molar-refractivity contribution in [2.75, 3.05) is 32.0 Å². The molecular weight excluding hydrogens is 286 g/mol. The van der Waals surface area contributed by atoms with Gasteiger partial charge in [0.2, 0.25) is 10.0 Å². The van der Waals surface area contributed by atoms with E-state index in [1.807, 2.05) is 12.1 Å². The van der Waals surface area contributed by atoms with E-state index >= 15 is 0 Å². The Balaban J connectivity index is 2.03. The third-order valence-corrected chi connectivity index (χ3v) is 5.52. The molecule has 1 fully saturated rings. The number of sulfonamides is 1. The van der Waals surface area contributed by atoms with E-state index in [1.165, 1.54) is 0 Å². The normalized spacial score (nSPS) is 24.0. The fourth-order valence-corrected chi connectivity index (χ4v) is 3.83. The molecule has 6 heteroatoms. The Morgan fingerprint density at radius 2 is 1.95 bits per heavy atom. The molecule has 5 nitrogen and oxygen atoms in total. The summed E-state index contributed by atoms with van der Waals surface area (Å²) in [4.78, 5) is 2.65. The fraction of sp³-hybridized carbons (Fsp3) is 0.600. The Morgan fingerprint density at radius 3 is 2.52 bits per heavy atom. The molecular formula is C15H25N3O2S. The van der Waals surface area contributed by atoms with Gasteiger partial charge in [0.15, 0.2) is 0 Å². The molecule has 0 saturated carbocycles. The van der Waals surface area contributed by atoms with Crippen molar-refractivity contribution in [2.45, 2.75) is 31.2 Å². The third-order valence-electron chi connectivity index (χ3n) is 3.96. The van der Waals surface area contributed by atoms with Gasteiger partial charge in [0.05, 0.1) is 4.90 Å². The SMILES string of the molecule is CCNS(=O)(=O)c1ccc(NC2CCN(C)CC2C)cc1. The number of likely N-dealkylation sites (tertiary alicyclic amines) is 1. The summed E-state index contributed by atoms with van der Waals surface area (Å²) in [5.74, 6) is 0.578. The summed E-state index contributed by atoms with van der Waals surface area (Å²) in [5.41, 5.74) is 0.979. The van der Waals surface area contributed by atoms with E-state index in [4.69, 9.17) is 0 Å². The predicted octanol–water partition coefficient (Wildman–Crippen LogP) is 1.74. The van der Waals surface area contributed by atoms with Crippen LogP contribution in [-0.4, -0.2) is 46.0 Å². The highest BCUT2D eigenvalue weighted by molar-refractivity contribution is 7.89. The number of nitrogens with zero attached hydrogens (tertiary/aromatic N) is 1. The lowest BCUT2D eigenvalue weighted by atomic mass is 9.94. The summed E-state index contributed by atoms with van der Waals surface area (Å²) in [6, 6.07) is 7.43. The van der Waals surface area contributed by atoms with Crippen LogP contribution in [0.4, 0.5) is 5.69 Å². The van der Waals surface area contributed by atoms with Gasteiger partial charge in [-0.25, -0.2) is 13.1 Å². The van der Waals surface area contributed by atoms with Gasteiger partial charge < -0.3 is 10.2 Å². The Morgan fingerprint density at radius 1 is 1.29 bits per heavy atom. The minimum absolute atomic E-state index is 0.311. The van der Waals surface area contributed by atoms with Crippen molar-refractivity contribution >= 4 is 15.7 Å². The van der Waals surface area contributed by atoms with Crippen molar-refractivity contribution < 1.29 is 8.42 Å². The molecule has 0 amide bonds. The molecule has 2 N–H and O–H groups in total. The highest BCUT2D eigenvalue weighted by Gasteiger charge is 2.24. The summed E-state index contributed by atoms with van der Waals surface area (Å²) < 4.78 is 26.3. The number of nitrogens with one attached hydrogen (secondary N) is 2. The zero-order valence-corrected chi connectivity index (χ0v) is 13.8. The average molecular weight is 311 g/mol. The van der Waals surface area contributed by atoms with E-state index in [9.17, 15) is 8.42 Å². The van der Waals surface area contributed by atoms with Crippen LogP contribution in [0.25, 0.3) is 0 Å². The molecule has 0 radical (unpaired) electrons. The Bertz CT molecular complexity index is 557. The number of hydrogen-bond acceptors (Lipinski definition) is 4. The molecule has 21 heavy (non-hydrogen) atoms. The molecule has 0 bridgehead atoms. The lowest BCUT2D eigenvalue weighted by molar-refractivity contribution is 0.206. The summed E-state index contributed by atoms with van der Waals surface area (Å²) in [6.07, 6.45) is 1.11. The Hall–Kier alpha value is -1.11. The molecule has 1 saturated heterocycles. The zero-order chi connectivity index (χ0) is 15.5. The van der Waals surface area contributed by atoms with Crippen molar-refractivity contribution in [1.29, 1.82) is 0 Å². The van der Waals surface area contributed by atoms with E-state index < -0.39 is 10.0 Å². The van der Waals surface area contributed by atoms with Crippen molar-refractivity contribution in [2.24, 2.45) is 5.92 Å². The van der Waals surface area contributed by atoms with Gasteiger partial charge in [-0.2, -0.15) is 0 Å². The van der Waals surface area contributed by atoms with Gasteiger partial charge >= 0.3 is 0 Å². The lowest BCUT2D eigenvalue weighted by Crippen LogP contribution is -2.43. The number of piperidine rings is 1. The zero-order valence-electron chi connectivity index (χ0n) is 13.0. The molecule has 1 heterocycles. The van der Waals surface area contributed by atoms with E-state index in [0.29, 0.717) is 23.4 Å². The largest absolute Gasteiger partial charge is 0.382 e. The van der Waals surface area contributed by atoms with Crippen LogP contribution >= 0.6 is 0 Å². The lowest BCUT2D eigenvalue weighted by Gasteiger charge is -2.35. The molecule has 2 rings (SSSR count). The topological polar surface area (TPSA) is 61.4 Å². The van der Waals surface area contributed by atoms with Crippen LogP contribution in [-0.2, 0) is 10.0 Å². The molecule has 1 aromatic carbocycles. The monoisotopic (exact) mass is 311 g/mol. The van der Waals surface area contributed by atoms with Crippen molar-refractivity contribution in [3.63, 3.8) is 0 Å². The first-order valence-corrected chi connectivity index (χ1v) is 8.95. The fourth-order valence-electron chi connectivity index (χ4n) is 2.79. The number of anilines is 1. The second-order valence-corrected chi connectivity index (χ2v) is 7.57. The molecule has 0 aliphatic carbocycles. The van der Waals surface area contributed by atoms with Gasteiger partial charge in [0.25, 0.3) is 0 Å². The van der Waals surface area contributed by atoms with E-state index in [2.05, 4.69) is 28.9 Å². The quantitative estimate of drug-likeness (QED) is 0.869. The van der Waals surface area contributed by atoms with Crippen molar-refractivity contribution in [1.82, 2.24) is 9.62 Å². The van der Waals surface area contributed by atoms with Crippen molar-refractivity contribution in [3.05, 3.63) is 24.3 Å². The highest BCUT2D eigenvalue weighted by atomic mass is 32.2. The summed E-state index contributed by atoms with van der Waals surface area (Å²) in [5, 5.41) is 3.52. The van der Waals surface area contributed by atoms with Crippen LogP contribution in [0.3, 0.4) is 0 Å². The van der Waals surface area contributed by atoms with Gasteiger partial charge in [-0.05, 0) is 50.2 Å². The maximum Gasteiger partial charge on any atom is 0.240 e.